The molecule has 1 aromatic heterocycles. The fraction of sp³-hybridized carbons (Fsp3) is 0.476. The molecule has 1 aromatic carbocycles. The lowest BCUT2D eigenvalue weighted by Gasteiger charge is -2.48. The van der Waals surface area contributed by atoms with Crippen molar-refractivity contribution < 1.29 is 9.59 Å². The Kier molecular flexibility index (Phi) is 4.71. The lowest BCUT2D eigenvalue weighted by molar-refractivity contribution is -0.133. The quantitative estimate of drug-likeness (QED) is 0.806. The SMILES string of the molecule is CN(C)[C@]1(c2ccccc2)CC[C@]2(CC1)NC(=O)N(CCn1ccnc1)C2=O. The maximum atomic E-state index is 13.2. The van der Waals surface area contributed by atoms with E-state index in [-0.39, 0.29) is 17.5 Å². The molecule has 148 valence electrons. The summed E-state index contributed by atoms with van der Waals surface area (Å²) in [5.74, 6) is -0.0852. The third kappa shape index (κ3) is 2.99. The monoisotopic (exact) mass is 381 g/mol. The van der Waals surface area contributed by atoms with Crippen molar-refractivity contribution in [2.75, 3.05) is 20.6 Å². The molecule has 3 amide bonds. The van der Waals surface area contributed by atoms with E-state index in [9.17, 15) is 9.59 Å². The van der Waals surface area contributed by atoms with Crippen molar-refractivity contribution in [1.29, 1.82) is 0 Å². The van der Waals surface area contributed by atoms with E-state index in [0.29, 0.717) is 25.9 Å². The zero-order valence-corrected chi connectivity index (χ0v) is 16.5. The van der Waals surface area contributed by atoms with Gasteiger partial charge in [0.05, 0.1) is 6.33 Å². The minimum absolute atomic E-state index is 0.0852. The van der Waals surface area contributed by atoms with Crippen molar-refractivity contribution in [2.24, 2.45) is 0 Å². The summed E-state index contributed by atoms with van der Waals surface area (Å²) in [4.78, 5) is 33.3. The summed E-state index contributed by atoms with van der Waals surface area (Å²) in [5.41, 5.74) is 0.394. The Balaban J connectivity index is 1.50. The fourth-order valence-corrected chi connectivity index (χ4v) is 4.69. The number of imide groups is 1. The summed E-state index contributed by atoms with van der Waals surface area (Å²) in [5, 5.41) is 3.02. The highest BCUT2D eigenvalue weighted by Crippen LogP contribution is 2.46. The summed E-state index contributed by atoms with van der Waals surface area (Å²) in [7, 11) is 4.19. The number of nitrogens with one attached hydrogen (secondary N) is 1. The third-order valence-corrected chi connectivity index (χ3v) is 6.48. The fourth-order valence-electron chi connectivity index (χ4n) is 4.69. The van der Waals surface area contributed by atoms with E-state index in [4.69, 9.17) is 0 Å². The molecular formula is C21H27N5O2. The second-order valence-corrected chi connectivity index (χ2v) is 8.06. The number of amides is 3. The molecule has 2 heterocycles. The second-order valence-electron chi connectivity index (χ2n) is 8.06. The molecule has 2 aromatic rings. The van der Waals surface area contributed by atoms with Crippen LogP contribution in [0.25, 0.3) is 0 Å². The lowest BCUT2D eigenvalue weighted by Crippen LogP contribution is -2.55. The van der Waals surface area contributed by atoms with Crippen molar-refractivity contribution in [3.63, 3.8) is 0 Å². The largest absolute Gasteiger partial charge is 0.336 e. The molecule has 1 saturated carbocycles. The number of carbonyl (C=O) groups excluding carboxylic acids is 2. The zero-order valence-electron chi connectivity index (χ0n) is 16.5. The van der Waals surface area contributed by atoms with Gasteiger partial charge in [-0.3, -0.25) is 14.6 Å². The molecule has 0 radical (unpaired) electrons. The number of nitrogens with zero attached hydrogens (tertiary/aromatic N) is 4. The third-order valence-electron chi connectivity index (χ3n) is 6.48. The van der Waals surface area contributed by atoms with Gasteiger partial charge in [-0.15, -0.1) is 0 Å². The number of urea groups is 1. The van der Waals surface area contributed by atoms with Gasteiger partial charge in [-0.05, 0) is 45.3 Å². The predicted molar refractivity (Wildman–Crippen MR) is 105 cm³/mol. The summed E-state index contributed by atoms with van der Waals surface area (Å²) >= 11 is 0. The Morgan fingerprint density at radius 3 is 2.39 bits per heavy atom. The molecule has 1 spiro atoms. The zero-order chi connectivity index (χ0) is 19.8. The van der Waals surface area contributed by atoms with Crippen molar-refractivity contribution in [3.8, 4) is 0 Å². The van der Waals surface area contributed by atoms with Crippen molar-refractivity contribution in [2.45, 2.75) is 43.3 Å². The van der Waals surface area contributed by atoms with Crippen LogP contribution < -0.4 is 5.32 Å². The van der Waals surface area contributed by atoms with Crippen LogP contribution in [0.1, 0.15) is 31.2 Å². The van der Waals surface area contributed by atoms with E-state index in [2.05, 4.69) is 53.6 Å². The molecule has 0 bridgehead atoms. The molecule has 4 rings (SSSR count). The van der Waals surface area contributed by atoms with Crippen LogP contribution in [0.3, 0.4) is 0 Å². The van der Waals surface area contributed by atoms with Gasteiger partial charge < -0.3 is 9.88 Å². The highest BCUT2D eigenvalue weighted by atomic mass is 16.2. The van der Waals surface area contributed by atoms with Crippen LogP contribution in [0.5, 0.6) is 0 Å². The Labute approximate surface area is 165 Å². The van der Waals surface area contributed by atoms with Gasteiger partial charge in [-0.25, -0.2) is 9.78 Å². The summed E-state index contributed by atoms with van der Waals surface area (Å²) in [6.45, 7) is 0.918. The van der Waals surface area contributed by atoms with Crippen LogP contribution in [0.4, 0.5) is 4.79 Å². The first-order valence-corrected chi connectivity index (χ1v) is 9.80. The number of hydrogen-bond donors (Lipinski definition) is 1. The van der Waals surface area contributed by atoms with E-state index in [0.717, 1.165) is 12.8 Å². The molecular weight excluding hydrogens is 354 g/mol. The van der Waals surface area contributed by atoms with Gasteiger partial charge in [0.25, 0.3) is 5.91 Å². The number of hydrogen-bond acceptors (Lipinski definition) is 4. The molecule has 0 atom stereocenters. The number of imidazole rings is 1. The Morgan fingerprint density at radius 2 is 1.79 bits per heavy atom. The smallest absolute Gasteiger partial charge is 0.325 e. The minimum Gasteiger partial charge on any atom is -0.336 e. The van der Waals surface area contributed by atoms with Gasteiger partial charge in [0.1, 0.15) is 5.54 Å². The maximum Gasteiger partial charge on any atom is 0.325 e. The van der Waals surface area contributed by atoms with Gasteiger partial charge in [0, 0.05) is 31.0 Å². The summed E-state index contributed by atoms with van der Waals surface area (Å²) in [6.07, 6.45) is 8.16. The van der Waals surface area contributed by atoms with Crippen LogP contribution in [0, 0.1) is 0 Å². The van der Waals surface area contributed by atoms with Gasteiger partial charge in [0.2, 0.25) is 0 Å². The highest BCUT2D eigenvalue weighted by Gasteiger charge is 2.55. The van der Waals surface area contributed by atoms with Crippen molar-refractivity contribution >= 4 is 11.9 Å². The molecule has 28 heavy (non-hydrogen) atoms. The molecule has 0 unspecified atom stereocenters. The van der Waals surface area contributed by atoms with E-state index in [1.807, 2.05) is 16.8 Å². The van der Waals surface area contributed by atoms with Gasteiger partial charge in [-0.2, -0.15) is 0 Å². The molecule has 1 saturated heterocycles. The molecule has 2 aliphatic rings. The van der Waals surface area contributed by atoms with Gasteiger partial charge >= 0.3 is 6.03 Å². The summed E-state index contributed by atoms with van der Waals surface area (Å²) < 4.78 is 1.87. The molecule has 1 aliphatic carbocycles. The maximum absolute atomic E-state index is 13.2. The molecule has 1 aliphatic heterocycles. The number of benzene rings is 1. The van der Waals surface area contributed by atoms with Gasteiger partial charge in [0.15, 0.2) is 0 Å². The average Bonchev–Trinajstić information content (AvgIpc) is 3.29. The van der Waals surface area contributed by atoms with Crippen LogP contribution in [0.15, 0.2) is 49.1 Å². The molecule has 2 fully saturated rings. The normalized spacial score (nSPS) is 27.6. The van der Waals surface area contributed by atoms with E-state index >= 15 is 0 Å². The number of rotatable bonds is 5. The van der Waals surface area contributed by atoms with Crippen LogP contribution in [-0.4, -0.2) is 57.5 Å². The first-order valence-electron chi connectivity index (χ1n) is 9.80. The summed E-state index contributed by atoms with van der Waals surface area (Å²) in [6, 6.07) is 10.2. The topological polar surface area (TPSA) is 70.5 Å². The number of aromatic nitrogens is 2. The van der Waals surface area contributed by atoms with Crippen molar-refractivity contribution in [1.82, 2.24) is 24.7 Å². The predicted octanol–water partition coefficient (Wildman–Crippen LogP) is 2.20. The van der Waals surface area contributed by atoms with Crippen molar-refractivity contribution in [3.05, 3.63) is 54.6 Å². The Hall–Kier alpha value is -2.67. The first kappa shape index (κ1) is 18.7. The Morgan fingerprint density at radius 1 is 1.07 bits per heavy atom. The van der Waals surface area contributed by atoms with Crippen LogP contribution in [-0.2, 0) is 16.9 Å². The molecule has 7 nitrogen and oxygen atoms in total. The first-order chi connectivity index (χ1) is 13.5. The standard InChI is InChI=1S/C21H27N5O2/c1-24(2)21(17-6-4-3-5-7-17)10-8-20(9-11-21)18(27)26(19(28)23-20)15-14-25-13-12-22-16-25/h3-7,12-13,16H,8-11,14-15H2,1-2H3,(H,23,28)/t20-,21-. The number of carbonyl (C=O) groups is 2. The van der Waals surface area contributed by atoms with E-state index in [1.54, 1.807) is 12.5 Å². The van der Waals surface area contributed by atoms with Crippen LogP contribution >= 0.6 is 0 Å². The van der Waals surface area contributed by atoms with E-state index in [1.165, 1.54) is 10.5 Å². The minimum atomic E-state index is -0.764. The average molecular weight is 381 g/mol. The molecule has 1 N–H and O–H groups in total. The lowest BCUT2D eigenvalue weighted by atomic mass is 9.68. The van der Waals surface area contributed by atoms with Gasteiger partial charge in [-0.1, -0.05) is 30.3 Å². The second kappa shape index (κ2) is 7.05. The molecule has 7 heteroatoms. The Bertz CT molecular complexity index is 839. The van der Waals surface area contributed by atoms with Crippen LogP contribution in [0.2, 0.25) is 0 Å². The van der Waals surface area contributed by atoms with E-state index < -0.39 is 5.54 Å². The highest BCUT2D eigenvalue weighted by molar-refractivity contribution is 6.07.